The van der Waals surface area contributed by atoms with Crippen molar-refractivity contribution in [1.29, 1.82) is 0 Å². The number of pyridine rings is 1. The zero-order chi connectivity index (χ0) is 28.9. The maximum Gasteiger partial charge on any atom is 0.502 e. The number of imidazole rings is 1. The number of nitrogens with one attached hydrogen (secondary N) is 2. The molecule has 1 saturated carbocycles. The highest BCUT2D eigenvalue weighted by Crippen LogP contribution is 2.37. The van der Waals surface area contributed by atoms with Crippen LogP contribution in [0.5, 0.6) is 0 Å². The van der Waals surface area contributed by atoms with Gasteiger partial charge >= 0.3 is 6.03 Å². The summed E-state index contributed by atoms with van der Waals surface area (Å²) in [6.45, 7) is 14.1. The Balaban J connectivity index is 1.15. The van der Waals surface area contributed by atoms with Crippen LogP contribution in [0.3, 0.4) is 0 Å². The van der Waals surface area contributed by atoms with E-state index < -0.39 is 6.03 Å². The number of nitrogens with zero attached hydrogens (tertiary/aromatic N) is 6. The van der Waals surface area contributed by atoms with Gasteiger partial charge in [-0.2, -0.15) is 14.7 Å². The van der Waals surface area contributed by atoms with Crippen molar-refractivity contribution in [2.24, 2.45) is 0 Å². The number of aromatic nitrogens is 4. The highest BCUT2D eigenvalue weighted by molar-refractivity contribution is 7.23. The number of hydrogen-bond donors (Lipinski definition) is 2. The van der Waals surface area contributed by atoms with Crippen LogP contribution >= 0.6 is 11.3 Å². The molecule has 212 valence electrons. The summed E-state index contributed by atoms with van der Waals surface area (Å²) >= 11 is 1.58. The van der Waals surface area contributed by atoms with Crippen LogP contribution in [0.2, 0.25) is 0 Å². The largest absolute Gasteiger partial charge is 0.502 e. The lowest BCUT2D eigenvalue weighted by Crippen LogP contribution is -2.41. The number of amides is 2. The fourth-order valence-corrected chi connectivity index (χ4v) is 5.95. The van der Waals surface area contributed by atoms with E-state index in [4.69, 9.17) is 14.5 Å². The number of thiazole rings is 1. The predicted molar refractivity (Wildman–Crippen MR) is 164 cm³/mol. The van der Waals surface area contributed by atoms with Gasteiger partial charge in [0, 0.05) is 42.4 Å². The van der Waals surface area contributed by atoms with Crippen LogP contribution in [0.1, 0.15) is 46.3 Å². The van der Waals surface area contributed by atoms with Gasteiger partial charge in [-0.1, -0.05) is 39.0 Å². The third kappa shape index (κ3) is 5.34. The summed E-state index contributed by atoms with van der Waals surface area (Å²) in [7, 11) is 2.11. The van der Waals surface area contributed by atoms with Crippen LogP contribution < -0.4 is 15.5 Å². The fraction of sp³-hybridized carbons (Fsp3) is 0.367. The molecule has 0 radical (unpaired) electrons. The highest BCUT2D eigenvalue weighted by atomic mass is 32.1. The van der Waals surface area contributed by atoms with Crippen LogP contribution in [0.25, 0.3) is 26.6 Å². The maximum atomic E-state index is 12.7. The van der Waals surface area contributed by atoms with Crippen LogP contribution in [0, 0.1) is 0 Å². The molecule has 1 aliphatic carbocycles. The minimum Gasteiger partial charge on any atom is -0.358 e. The third-order valence-electron chi connectivity index (χ3n) is 7.49. The first kappa shape index (κ1) is 27.1. The first-order valence-corrected chi connectivity index (χ1v) is 14.6. The number of urea groups is 1. The molecule has 1 fully saturated rings. The summed E-state index contributed by atoms with van der Waals surface area (Å²) in [5.41, 5.74) is 3.50. The lowest BCUT2D eigenvalue weighted by atomic mass is 9.93. The molecule has 4 heterocycles. The van der Waals surface area contributed by atoms with E-state index in [1.807, 2.05) is 51.2 Å². The van der Waals surface area contributed by atoms with E-state index in [2.05, 4.69) is 57.9 Å². The number of hydrogen-bond acceptors (Lipinski definition) is 8. The molecule has 0 saturated heterocycles. The number of anilines is 2. The van der Waals surface area contributed by atoms with Gasteiger partial charge in [0.15, 0.2) is 4.96 Å². The van der Waals surface area contributed by atoms with E-state index in [0.29, 0.717) is 17.3 Å². The molecule has 41 heavy (non-hydrogen) atoms. The van der Waals surface area contributed by atoms with Crippen LogP contribution in [-0.2, 0) is 5.41 Å². The normalized spacial score (nSPS) is 14.5. The number of carbonyl (C=O) groups is 1. The van der Waals surface area contributed by atoms with Gasteiger partial charge in [0.2, 0.25) is 0 Å². The molecule has 2 N–H and O–H groups in total. The summed E-state index contributed by atoms with van der Waals surface area (Å²) in [5.74, 6) is 2.02. The van der Waals surface area contributed by atoms with E-state index in [1.165, 1.54) is 17.4 Å². The Morgan fingerprint density at radius 2 is 1.95 bits per heavy atom. The van der Waals surface area contributed by atoms with Crippen molar-refractivity contribution in [2.45, 2.75) is 51.5 Å². The zero-order valence-corrected chi connectivity index (χ0v) is 24.9. The number of likely N-dealkylation sites (N-methyl/N-ethyl adjacent to an activating group) is 2. The van der Waals surface area contributed by atoms with Gasteiger partial charge in [-0.3, -0.25) is 4.40 Å². The first-order valence-electron chi connectivity index (χ1n) is 13.8. The molecule has 5 aromatic rings. The average molecular weight is 572 g/mol. The quantitative estimate of drug-likeness (QED) is 0.173. The van der Waals surface area contributed by atoms with E-state index in [0.717, 1.165) is 45.5 Å². The van der Waals surface area contributed by atoms with Crippen molar-refractivity contribution in [2.75, 3.05) is 30.4 Å². The van der Waals surface area contributed by atoms with Gasteiger partial charge in [-0.25, -0.2) is 9.97 Å². The van der Waals surface area contributed by atoms with Gasteiger partial charge in [0.05, 0.1) is 17.9 Å². The monoisotopic (exact) mass is 571 g/mol. The second-order valence-electron chi connectivity index (χ2n) is 11.8. The SMILES string of the molecule is C=[N+](C(=O)Nc1cc(C(C)(C)C)on1)c1ccc(-c2cn3c(n2)sc2nc(N(C)CC4(NCC)CC4)ccc23)cc1. The average Bonchev–Trinajstić information content (AvgIpc) is 3.26. The molecule has 0 atom stereocenters. The number of fused-ring (bicyclic) bond motifs is 3. The Labute approximate surface area is 242 Å². The molecular formula is C30H35N8O2S+. The van der Waals surface area contributed by atoms with Crippen molar-refractivity contribution in [3.63, 3.8) is 0 Å². The summed E-state index contributed by atoms with van der Waals surface area (Å²) in [6, 6.07) is 13.1. The van der Waals surface area contributed by atoms with Crippen molar-refractivity contribution < 1.29 is 13.9 Å². The van der Waals surface area contributed by atoms with E-state index in [-0.39, 0.29) is 11.0 Å². The predicted octanol–water partition coefficient (Wildman–Crippen LogP) is 6.05. The molecule has 1 aliphatic rings. The molecule has 11 heteroatoms. The lowest BCUT2D eigenvalue weighted by molar-refractivity contribution is -0.316. The second kappa shape index (κ2) is 10.1. The zero-order valence-electron chi connectivity index (χ0n) is 24.1. The second-order valence-corrected chi connectivity index (χ2v) is 12.7. The molecule has 10 nitrogen and oxygen atoms in total. The highest BCUT2D eigenvalue weighted by Gasteiger charge is 2.42. The molecule has 2 amide bonds. The molecule has 0 spiro atoms. The van der Waals surface area contributed by atoms with Crippen LogP contribution in [0.15, 0.2) is 53.2 Å². The van der Waals surface area contributed by atoms with Crippen molar-refractivity contribution in [1.82, 2.24) is 24.8 Å². The molecule has 0 aliphatic heterocycles. The Bertz CT molecular complexity index is 1750. The Morgan fingerprint density at radius 1 is 1.20 bits per heavy atom. The van der Waals surface area contributed by atoms with Crippen molar-refractivity contribution >= 4 is 56.7 Å². The van der Waals surface area contributed by atoms with Crippen molar-refractivity contribution in [3.8, 4) is 11.3 Å². The number of rotatable bonds is 8. The number of benzene rings is 1. The van der Waals surface area contributed by atoms with Gasteiger partial charge in [-0.05, 0) is 60.9 Å². The molecule has 1 aromatic carbocycles. The summed E-state index contributed by atoms with van der Waals surface area (Å²) in [5, 5.41) is 10.3. The van der Waals surface area contributed by atoms with Gasteiger partial charge < -0.3 is 14.7 Å². The molecular weight excluding hydrogens is 536 g/mol. The molecule has 0 bridgehead atoms. The van der Waals surface area contributed by atoms with E-state index in [9.17, 15) is 4.79 Å². The van der Waals surface area contributed by atoms with Gasteiger partial charge in [-0.15, -0.1) is 0 Å². The number of carbonyl (C=O) groups excluding carboxylic acids is 1. The fourth-order valence-electron chi connectivity index (χ4n) is 4.97. The van der Waals surface area contributed by atoms with Gasteiger partial charge in [0.1, 0.15) is 22.1 Å². The minimum absolute atomic E-state index is 0.203. The minimum atomic E-state index is -0.410. The van der Waals surface area contributed by atoms with Crippen molar-refractivity contribution in [3.05, 3.63) is 54.4 Å². The molecule has 4 aromatic heterocycles. The van der Waals surface area contributed by atoms with Crippen LogP contribution in [0.4, 0.5) is 22.1 Å². The Kier molecular flexibility index (Phi) is 6.66. The Morgan fingerprint density at radius 3 is 2.61 bits per heavy atom. The third-order valence-corrected chi connectivity index (χ3v) is 8.45. The maximum absolute atomic E-state index is 12.7. The molecule has 0 unspecified atom stereocenters. The van der Waals surface area contributed by atoms with Crippen LogP contribution in [-0.4, -0.2) is 62.5 Å². The van der Waals surface area contributed by atoms with Gasteiger partial charge in [0.25, 0.3) is 5.82 Å². The summed E-state index contributed by atoms with van der Waals surface area (Å²) in [6.07, 6.45) is 4.46. The topological polar surface area (TPSA) is 104 Å². The Hall–Kier alpha value is -4.09. The van der Waals surface area contributed by atoms with E-state index >= 15 is 0 Å². The first-order chi connectivity index (χ1) is 19.5. The van der Waals surface area contributed by atoms with E-state index in [1.54, 1.807) is 17.4 Å². The lowest BCUT2D eigenvalue weighted by Gasteiger charge is -2.25. The summed E-state index contributed by atoms with van der Waals surface area (Å²) < 4.78 is 8.73. The summed E-state index contributed by atoms with van der Waals surface area (Å²) in [4.78, 5) is 26.7. The standard InChI is InChI=1S/C30H34N8O2S/c1-7-31-30(14-15-30)18-36(5)25-13-12-22-26(34-25)41-28-32-21(17-38(22)28)19-8-10-20(11-9-19)37(6)27(39)33-24-16-23(40-35-24)29(2,3)4/h8-13,16-17,31H,6-7,14-15,18H2,1-5H3/p+1. The smallest absolute Gasteiger partial charge is 0.358 e. The molecule has 6 rings (SSSR count).